The van der Waals surface area contributed by atoms with Crippen molar-refractivity contribution in [3.63, 3.8) is 0 Å². The van der Waals surface area contributed by atoms with Crippen molar-refractivity contribution in [2.45, 2.75) is 25.4 Å². The second kappa shape index (κ2) is 6.01. The number of aryl methyl sites for hydroxylation is 1. The van der Waals surface area contributed by atoms with Crippen molar-refractivity contribution in [1.29, 1.82) is 0 Å². The molecule has 0 fully saturated rings. The first-order chi connectivity index (χ1) is 9.94. The second-order valence-corrected chi connectivity index (χ2v) is 5.59. The quantitative estimate of drug-likeness (QED) is 0.696. The highest BCUT2D eigenvalue weighted by atomic mass is 32.2. The molecule has 0 aliphatic carbocycles. The van der Waals surface area contributed by atoms with Crippen LogP contribution in [0.4, 0.5) is 0 Å². The average Bonchev–Trinajstić information content (AvgIpc) is 3.05. The van der Waals surface area contributed by atoms with Gasteiger partial charge in [-0.15, -0.1) is 0 Å². The monoisotopic (exact) mass is 315 g/mol. The van der Waals surface area contributed by atoms with Gasteiger partial charge in [-0.05, 0) is 6.92 Å². The Bertz CT molecular complexity index is 735. The normalized spacial score (nSPS) is 11.5. The van der Waals surface area contributed by atoms with Crippen LogP contribution in [0.15, 0.2) is 15.7 Å². The van der Waals surface area contributed by atoms with Gasteiger partial charge in [-0.1, -0.05) is 5.16 Å². The molecule has 0 saturated carbocycles. The summed E-state index contributed by atoms with van der Waals surface area (Å²) in [6.07, 6.45) is 1.09. The van der Waals surface area contributed by atoms with Crippen LogP contribution in [0.2, 0.25) is 0 Å². The number of aromatic nitrogens is 4. The summed E-state index contributed by atoms with van der Waals surface area (Å²) in [6.45, 7) is 3.14. The molecule has 0 radical (unpaired) electrons. The molecule has 2 N–H and O–H groups in total. The van der Waals surface area contributed by atoms with Crippen molar-refractivity contribution in [2.75, 3.05) is 6.61 Å². The second-order valence-electron chi connectivity index (χ2n) is 3.89. The lowest BCUT2D eigenvalue weighted by Crippen LogP contribution is -2.26. The molecule has 0 atom stereocenters. The standard InChI is InChI=1S/C10H13N5O5S/c1-3-19-10(16)7-4-11-14-9(7)21(17,18)12-5-8-13-6(2)20-15-8/h4,12H,3,5H2,1-2H3,(H,11,14). The Morgan fingerprint density at radius 1 is 1.52 bits per heavy atom. The molecule has 0 unspecified atom stereocenters. The van der Waals surface area contributed by atoms with E-state index in [9.17, 15) is 13.2 Å². The molecule has 2 aromatic heterocycles. The van der Waals surface area contributed by atoms with Crippen molar-refractivity contribution in [3.05, 3.63) is 23.5 Å². The van der Waals surface area contributed by atoms with Gasteiger partial charge in [0.2, 0.25) is 5.89 Å². The Labute approximate surface area is 119 Å². The summed E-state index contributed by atoms with van der Waals surface area (Å²) in [5, 5.41) is 9.00. The largest absolute Gasteiger partial charge is 0.462 e. The molecule has 2 heterocycles. The van der Waals surface area contributed by atoms with Gasteiger partial charge in [0, 0.05) is 6.92 Å². The molecule has 114 valence electrons. The average molecular weight is 315 g/mol. The fraction of sp³-hybridized carbons (Fsp3) is 0.400. The molecule has 2 aromatic rings. The highest BCUT2D eigenvalue weighted by Gasteiger charge is 2.26. The van der Waals surface area contributed by atoms with Gasteiger partial charge < -0.3 is 9.26 Å². The maximum atomic E-state index is 12.1. The lowest BCUT2D eigenvalue weighted by atomic mass is 10.4. The van der Waals surface area contributed by atoms with Crippen LogP contribution in [0.1, 0.15) is 29.0 Å². The van der Waals surface area contributed by atoms with Gasteiger partial charge in [0.1, 0.15) is 5.56 Å². The number of sulfonamides is 1. The number of hydrogen-bond donors (Lipinski definition) is 2. The highest BCUT2D eigenvalue weighted by molar-refractivity contribution is 7.89. The summed E-state index contributed by atoms with van der Waals surface area (Å²) in [7, 11) is -3.99. The number of nitrogens with one attached hydrogen (secondary N) is 2. The number of H-pyrrole nitrogens is 1. The number of esters is 1. The van der Waals surface area contributed by atoms with Crippen molar-refractivity contribution in [2.24, 2.45) is 0 Å². The van der Waals surface area contributed by atoms with E-state index in [0.29, 0.717) is 5.89 Å². The van der Waals surface area contributed by atoms with E-state index in [1.165, 1.54) is 0 Å². The van der Waals surface area contributed by atoms with Gasteiger partial charge in [0.05, 0.1) is 19.3 Å². The van der Waals surface area contributed by atoms with Gasteiger partial charge in [-0.25, -0.2) is 17.9 Å². The summed E-state index contributed by atoms with van der Waals surface area (Å²) in [4.78, 5) is 15.5. The number of hydrogen-bond acceptors (Lipinski definition) is 8. The summed E-state index contributed by atoms with van der Waals surface area (Å²) in [6, 6.07) is 0. The Morgan fingerprint density at radius 2 is 2.29 bits per heavy atom. The Balaban J connectivity index is 2.16. The summed E-state index contributed by atoms with van der Waals surface area (Å²) < 4.78 is 36.0. The number of ether oxygens (including phenoxy) is 1. The third kappa shape index (κ3) is 3.44. The van der Waals surface area contributed by atoms with Gasteiger partial charge in [0.25, 0.3) is 10.0 Å². The van der Waals surface area contributed by atoms with Crippen LogP contribution in [-0.2, 0) is 21.3 Å². The van der Waals surface area contributed by atoms with Crippen molar-refractivity contribution < 1.29 is 22.5 Å². The predicted molar refractivity (Wildman–Crippen MR) is 67.6 cm³/mol. The fourth-order valence-electron chi connectivity index (χ4n) is 1.48. The maximum absolute atomic E-state index is 12.1. The fourth-order valence-corrected chi connectivity index (χ4v) is 2.54. The number of nitrogens with zero attached hydrogens (tertiary/aromatic N) is 3. The van der Waals surface area contributed by atoms with E-state index in [1.54, 1.807) is 13.8 Å². The highest BCUT2D eigenvalue weighted by Crippen LogP contribution is 2.13. The molecule has 0 aliphatic heterocycles. The Hall–Kier alpha value is -2.27. The van der Waals surface area contributed by atoms with Gasteiger partial charge in [-0.2, -0.15) is 10.1 Å². The zero-order valence-corrected chi connectivity index (χ0v) is 12.1. The van der Waals surface area contributed by atoms with Crippen LogP contribution < -0.4 is 4.72 Å². The van der Waals surface area contributed by atoms with E-state index in [1.807, 2.05) is 0 Å². The van der Waals surface area contributed by atoms with E-state index in [0.717, 1.165) is 6.20 Å². The first kappa shape index (κ1) is 15.1. The molecule has 10 nitrogen and oxygen atoms in total. The lowest BCUT2D eigenvalue weighted by molar-refractivity contribution is 0.0522. The van der Waals surface area contributed by atoms with E-state index in [-0.39, 0.29) is 29.6 Å². The first-order valence-corrected chi connectivity index (χ1v) is 7.41. The third-order valence-corrected chi connectivity index (χ3v) is 3.73. The van der Waals surface area contributed by atoms with Gasteiger partial charge in [0.15, 0.2) is 10.9 Å². The molecule has 0 saturated heterocycles. The van der Waals surface area contributed by atoms with Gasteiger partial charge >= 0.3 is 5.97 Å². The molecule has 0 aromatic carbocycles. The SMILES string of the molecule is CCOC(=O)c1cn[nH]c1S(=O)(=O)NCc1noc(C)n1. The van der Waals surface area contributed by atoms with Crippen LogP contribution >= 0.6 is 0 Å². The summed E-state index contributed by atoms with van der Waals surface area (Å²) >= 11 is 0. The minimum atomic E-state index is -3.99. The topological polar surface area (TPSA) is 140 Å². The van der Waals surface area contributed by atoms with E-state index < -0.39 is 16.0 Å². The zero-order chi connectivity index (χ0) is 15.5. The molecule has 0 spiro atoms. The first-order valence-electron chi connectivity index (χ1n) is 5.93. The van der Waals surface area contributed by atoms with Crippen molar-refractivity contribution in [1.82, 2.24) is 25.1 Å². The maximum Gasteiger partial charge on any atom is 0.342 e. The smallest absolute Gasteiger partial charge is 0.342 e. The van der Waals surface area contributed by atoms with Crippen LogP contribution in [-0.4, -0.2) is 41.3 Å². The molecular formula is C10H13N5O5S. The number of rotatable bonds is 6. The Morgan fingerprint density at radius 3 is 2.90 bits per heavy atom. The molecule has 0 bridgehead atoms. The van der Waals surface area contributed by atoms with Crippen LogP contribution in [0.25, 0.3) is 0 Å². The van der Waals surface area contributed by atoms with E-state index in [4.69, 9.17) is 9.26 Å². The zero-order valence-electron chi connectivity index (χ0n) is 11.3. The molecule has 0 aliphatic rings. The van der Waals surface area contributed by atoms with Crippen LogP contribution in [0.5, 0.6) is 0 Å². The van der Waals surface area contributed by atoms with E-state index >= 15 is 0 Å². The van der Waals surface area contributed by atoms with Gasteiger partial charge in [-0.3, -0.25) is 5.10 Å². The molecule has 11 heteroatoms. The number of carbonyl (C=O) groups is 1. The number of carbonyl (C=O) groups excluding carboxylic acids is 1. The minimum absolute atomic E-state index is 0.124. The Kier molecular flexibility index (Phi) is 4.33. The third-order valence-electron chi connectivity index (χ3n) is 2.36. The summed E-state index contributed by atoms with van der Waals surface area (Å²) in [5.74, 6) is -0.284. The molecule has 21 heavy (non-hydrogen) atoms. The molecular weight excluding hydrogens is 302 g/mol. The molecule has 0 amide bonds. The van der Waals surface area contributed by atoms with Crippen LogP contribution in [0.3, 0.4) is 0 Å². The molecule has 2 rings (SSSR count). The lowest BCUT2D eigenvalue weighted by Gasteiger charge is -2.05. The predicted octanol–water partition coefficient (Wildman–Crippen LogP) is -0.244. The van der Waals surface area contributed by atoms with Crippen molar-refractivity contribution in [3.8, 4) is 0 Å². The van der Waals surface area contributed by atoms with Crippen molar-refractivity contribution >= 4 is 16.0 Å². The number of aromatic amines is 1. The van der Waals surface area contributed by atoms with E-state index in [2.05, 4.69) is 25.1 Å². The minimum Gasteiger partial charge on any atom is -0.462 e. The summed E-state index contributed by atoms with van der Waals surface area (Å²) in [5.41, 5.74) is -0.173. The van der Waals surface area contributed by atoms with Crippen LogP contribution in [0, 0.1) is 6.92 Å².